The lowest BCUT2D eigenvalue weighted by molar-refractivity contribution is 0.133. The third kappa shape index (κ3) is 2.89. The van der Waals surface area contributed by atoms with Crippen LogP contribution in [0, 0.1) is 0 Å². The van der Waals surface area contributed by atoms with Crippen LogP contribution >= 0.6 is 0 Å². The van der Waals surface area contributed by atoms with Gasteiger partial charge in [-0.15, -0.1) is 0 Å². The molecule has 0 aromatic heterocycles. The molecule has 0 radical (unpaired) electrons. The van der Waals surface area contributed by atoms with Gasteiger partial charge in [0.25, 0.3) is 0 Å². The molecule has 0 bridgehead atoms. The molecule has 2 fully saturated rings. The molecule has 0 amide bonds. The molecule has 3 aliphatic rings. The fourth-order valence-corrected chi connectivity index (χ4v) is 4.29. The van der Waals surface area contributed by atoms with Gasteiger partial charge in [0.1, 0.15) is 0 Å². The molecule has 1 aromatic rings. The summed E-state index contributed by atoms with van der Waals surface area (Å²) in [5.41, 5.74) is 4.87. The largest absolute Gasteiger partial charge is 0.317 e. The van der Waals surface area contributed by atoms with E-state index in [1.807, 2.05) is 0 Å². The Hall–Kier alpha value is -0.860. The summed E-state index contributed by atoms with van der Waals surface area (Å²) in [4.78, 5) is 2.76. The molecule has 1 aliphatic carbocycles. The maximum absolute atomic E-state index is 3.48. The minimum Gasteiger partial charge on any atom is -0.317 e. The van der Waals surface area contributed by atoms with Crippen molar-refractivity contribution in [3.63, 3.8) is 0 Å². The Morgan fingerprint density at radius 2 is 1.67 bits per heavy atom. The highest BCUT2D eigenvalue weighted by molar-refractivity contribution is 5.35. The summed E-state index contributed by atoms with van der Waals surface area (Å²) in [6.07, 6.45) is 9.49. The van der Waals surface area contributed by atoms with E-state index in [2.05, 4.69) is 28.4 Å². The second kappa shape index (κ2) is 6.10. The van der Waals surface area contributed by atoms with Crippen LogP contribution < -0.4 is 5.32 Å². The van der Waals surface area contributed by atoms with Crippen molar-refractivity contribution in [2.45, 2.75) is 56.9 Å². The van der Waals surface area contributed by atoms with E-state index in [0.29, 0.717) is 0 Å². The van der Waals surface area contributed by atoms with Crippen molar-refractivity contribution in [2.75, 3.05) is 26.2 Å². The van der Waals surface area contributed by atoms with Crippen LogP contribution in [0.2, 0.25) is 0 Å². The molecule has 1 saturated heterocycles. The standard InChI is InChI=1S/C19H28N2/c1-2-19(3-1)21-12-8-15-4-5-17(14-18(15)9-13-21)16-6-10-20-11-7-16/h4-5,14,16,19-20H,1-3,6-13H2. The highest BCUT2D eigenvalue weighted by Crippen LogP contribution is 2.30. The van der Waals surface area contributed by atoms with E-state index in [1.54, 1.807) is 16.7 Å². The zero-order valence-electron chi connectivity index (χ0n) is 13.1. The predicted octanol–water partition coefficient (Wildman–Crippen LogP) is 3.11. The van der Waals surface area contributed by atoms with Crippen molar-refractivity contribution in [2.24, 2.45) is 0 Å². The second-order valence-corrected chi connectivity index (χ2v) is 7.17. The van der Waals surface area contributed by atoms with Crippen molar-refractivity contribution < 1.29 is 0 Å². The Morgan fingerprint density at radius 3 is 2.38 bits per heavy atom. The predicted molar refractivity (Wildman–Crippen MR) is 87.9 cm³/mol. The molecule has 1 saturated carbocycles. The lowest BCUT2D eigenvalue weighted by Crippen LogP contribution is -2.41. The third-order valence-electron chi connectivity index (χ3n) is 5.97. The van der Waals surface area contributed by atoms with Gasteiger partial charge < -0.3 is 5.32 Å². The molecule has 21 heavy (non-hydrogen) atoms. The van der Waals surface area contributed by atoms with Crippen LogP contribution in [0.25, 0.3) is 0 Å². The topological polar surface area (TPSA) is 15.3 Å². The van der Waals surface area contributed by atoms with Crippen molar-refractivity contribution in [3.8, 4) is 0 Å². The molecule has 2 heterocycles. The normalized spacial score (nSPS) is 25.1. The first kappa shape index (κ1) is 13.8. The Labute approximate surface area is 128 Å². The molecule has 0 unspecified atom stereocenters. The highest BCUT2D eigenvalue weighted by atomic mass is 15.2. The van der Waals surface area contributed by atoms with Gasteiger partial charge in [0.15, 0.2) is 0 Å². The van der Waals surface area contributed by atoms with Crippen LogP contribution in [-0.4, -0.2) is 37.1 Å². The minimum atomic E-state index is 0.794. The van der Waals surface area contributed by atoms with Gasteiger partial charge in [0.2, 0.25) is 0 Å². The van der Waals surface area contributed by atoms with Crippen LogP contribution in [0.15, 0.2) is 18.2 Å². The maximum atomic E-state index is 3.48. The first-order valence-electron chi connectivity index (χ1n) is 8.96. The fourth-order valence-electron chi connectivity index (χ4n) is 4.29. The van der Waals surface area contributed by atoms with Crippen LogP contribution in [0.5, 0.6) is 0 Å². The Balaban J connectivity index is 1.49. The molecule has 114 valence electrons. The van der Waals surface area contributed by atoms with E-state index < -0.39 is 0 Å². The Morgan fingerprint density at radius 1 is 0.905 bits per heavy atom. The van der Waals surface area contributed by atoms with Crippen LogP contribution in [0.3, 0.4) is 0 Å². The van der Waals surface area contributed by atoms with Crippen LogP contribution in [0.4, 0.5) is 0 Å². The van der Waals surface area contributed by atoms with Gasteiger partial charge in [0, 0.05) is 19.1 Å². The van der Waals surface area contributed by atoms with E-state index in [0.717, 1.165) is 12.0 Å². The number of rotatable bonds is 2. The summed E-state index contributed by atoms with van der Waals surface area (Å²) in [6, 6.07) is 8.32. The molecule has 4 rings (SSSR count). The van der Waals surface area contributed by atoms with Crippen molar-refractivity contribution >= 4 is 0 Å². The summed E-state index contributed by atoms with van der Waals surface area (Å²) in [5.74, 6) is 0.794. The van der Waals surface area contributed by atoms with Crippen LogP contribution in [-0.2, 0) is 12.8 Å². The summed E-state index contributed by atoms with van der Waals surface area (Å²) in [5, 5.41) is 3.48. The number of nitrogens with zero attached hydrogens (tertiary/aromatic N) is 1. The van der Waals surface area contributed by atoms with Crippen LogP contribution in [0.1, 0.15) is 54.7 Å². The van der Waals surface area contributed by atoms with Crippen molar-refractivity contribution in [1.82, 2.24) is 10.2 Å². The lowest BCUT2D eigenvalue weighted by atomic mass is 9.87. The number of hydrogen-bond acceptors (Lipinski definition) is 2. The van der Waals surface area contributed by atoms with Crippen molar-refractivity contribution in [1.29, 1.82) is 0 Å². The van der Waals surface area contributed by atoms with Gasteiger partial charge in [-0.1, -0.05) is 24.6 Å². The monoisotopic (exact) mass is 284 g/mol. The second-order valence-electron chi connectivity index (χ2n) is 7.17. The first-order valence-corrected chi connectivity index (χ1v) is 8.96. The van der Waals surface area contributed by atoms with Gasteiger partial charge >= 0.3 is 0 Å². The van der Waals surface area contributed by atoms with Gasteiger partial charge in [0.05, 0.1) is 0 Å². The molecule has 1 N–H and O–H groups in total. The minimum absolute atomic E-state index is 0.794. The van der Waals surface area contributed by atoms with Gasteiger partial charge in [-0.3, -0.25) is 4.90 Å². The van der Waals surface area contributed by atoms with E-state index >= 15 is 0 Å². The zero-order chi connectivity index (χ0) is 14.1. The van der Waals surface area contributed by atoms with E-state index in [4.69, 9.17) is 0 Å². The summed E-state index contributed by atoms with van der Waals surface area (Å²) in [6.45, 7) is 4.95. The average Bonchev–Trinajstić information content (AvgIpc) is 2.69. The molecule has 0 spiro atoms. The SMILES string of the molecule is c1cc2c(cc1C1CCNCC1)CCN(C1CCC1)CC2. The van der Waals surface area contributed by atoms with E-state index in [9.17, 15) is 0 Å². The summed E-state index contributed by atoms with van der Waals surface area (Å²) in [7, 11) is 0. The number of piperidine rings is 1. The molecule has 2 aliphatic heterocycles. The Kier molecular flexibility index (Phi) is 4.00. The molecular formula is C19H28N2. The third-order valence-corrected chi connectivity index (χ3v) is 5.97. The lowest BCUT2D eigenvalue weighted by Gasteiger charge is -2.36. The van der Waals surface area contributed by atoms with Crippen molar-refractivity contribution in [3.05, 3.63) is 34.9 Å². The summed E-state index contributed by atoms with van der Waals surface area (Å²) < 4.78 is 0. The fraction of sp³-hybridized carbons (Fsp3) is 0.684. The van der Waals surface area contributed by atoms with E-state index in [1.165, 1.54) is 71.1 Å². The Bertz CT molecular complexity index is 486. The molecule has 0 atom stereocenters. The first-order chi connectivity index (χ1) is 10.4. The summed E-state index contributed by atoms with van der Waals surface area (Å²) >= 11 is 0. The number of benzene rings is 1. The van der Waals surface area contributed by atoms with Gasteiger partial charge in [-0.2, -0.15) is 0 Å². The zero-order valence-corrected chi connectivity index (χ0v) is 13.1. The number of fused-ring (bicyclic) bond motifs is 1. The van der Waals surface area contributed by atoms with E-state index in [-0.39, 0.29) is 0 Å². The quantitative estimate of drug-likeness (QED) is 0.898. The molecule has 2 nitrogen and oxygen atoms in total. The number of nitrogens with one attached hydrogen (secondary N) is 1. The van der Waals surface area contributed by atoms with Gasteiger partial charge in [-0.25, -0.2) is 0 Å². The molecule has 2 heteroatoms. The highest BCUT2D eigenvalue weighted by Gasteiger charge is 2.26. The maximum Gasteiger partial charge on any atom is 0.00955 e. The molecule has 1 aromatic carbocycles. The molecular weight excluding hydrogens is 256 g/mol. The van der Waals surface area contributed by atoms with Gasteiger partial charge in [-0.05, 0) is 74.2 Å². The smallest absolute Gasteiger partial charge is 0.00955 e. The number of hydrogen-bond donors (Lipinski definition) is 1. The average molecular weight is 284 g/mol.